The van der Waals surface area contributed by atoms with Crippen molar-refractivity contribution in [2.45, 2.75) is 25.7 Å². The van der Waals surface area contributed by atoms with Crippen molar-refractivity contribution in [1.29, 1.82) is 0 Å². The number of nitrogens with one attached hydrogen (secondary N) is 1. The molecule has 0 aliphatic carbocycles. The number of nitrogens with two attached hydrogens (primary N) is 1. The molecule has 0 heterocycles. The predicted molar refractivity (Wildman–Crippen MR) is 73.9 cm³/mol. The van der Waals surface area contributed by atoms with E-state index in [0.717, 1.165) is 24.9 Å². The third-order valence-electron chi connectivity index (χ3n) is 3.05. The molecule has 0 bridgehead atoms. The van der Waals surface area contributed by atoms with Crippen molar-refractivity contribution in [2.24, 2.45) is 5.84 Å². The molecule has 1 unspecified atom stereocenters. The standard InChI is InChI=1S/C14H23N3O/c1-3-4-10-17(2)11-13(14(18)16-15)12-8-6-5-7-9-12/h5-9,13H,3-4,10-11,15H2,1-2H3,(H,16,18). The van der Waals surface area contributed by atoms with Crippen LogP contribution in [0.1, 0.15) is 31.2 Å². The van der Waals surface area contributed by atoms with E-state index in [9.17, 15) is 4.79 Å². The summed E-state index contributed by atoms with van der Waals surface area (Å²) in [5.41, 5.74) is 3.26. The van der Waals surface area contributed by atoms with Crippen LogP contribution in [0.2, 0.25) is 0 Å². The van der Waals surface area contributed by atoms with Crippen molar-refractivity contribution in [3.05, 3.63) is 35.9 Å². The molecule has 4 nitrogen and oxygen atoms in total. The van der Waals surface area contributed by atoms with Gasteiger partial charge in [-0.05, 0) is 25.6 Å². The van der Waals surface area contributed by atoms with Crippen LogP contribution in [0.5, 0.6) is 0 Å². The number of amides is 1. The lowest BCUT2D eigenvalue weighted by molar-refractivity contribution is -0.123. The molecule has 0 aliphatic rings. The molecule has 0 radical (unpaired) electrons. The van der Waals surface area contributed by atoms with Crippen molar-refractivity contribution >= 4 is 5.91 Å². The number of likely N-dealkylation sites (N-methyl/N-ethyl adjacent to an activating group) is 1. The minimum atomic E-state index is -0.210. The minimum absolute atomic E-state index is 0.135. The van der Waals surface area contributed by atoms with Gasteiger partial charge in [0.2, 0.25) is 5.91 Å². The highest BCUT2D eigenvalue weighted by atomic mass is 16.2. The Kier molecular flexibility index (Phi) is 6.39. The second-order valence-corrected chi connectivity index (χ2v) is 4.59. The minimum Gasteiger partial charge on any atom is -0.305 e. The van der Waals surface area contributed by atoms with Gasteiger partial charge in [0.05, 0.1) is 5.92 Å². The highest BCUT2D eigenvalue weighted by Gasteiger charge is 2.21. The van der Waals surface area contributed by atoms with Gasteiger partial charge in [-0.15, -0.1) is 0 Å². The van der Waals surface area contributed by atoms with Crippen LogP contribution in [-0.4, -0.2) is 30.9 Å². The van der Waals surface area contributed by atoms with Gasteiger partial charge in [-0.1, -0.05) is 43.7 Å². The quantitative estimate of drug-likeness (QED) is 0.437. The molecule has 18 heavy (non-hydrogen) atoms. The van der Waals surface area contributed by atoms with Crippen LogP contribution >= 0.6 is 0 Å². The van der Waals surface area contributed by atoms with Crippen LogP contribution in [0.15, 0.2) is 30.3 Å². The zero-order valence-electron chi connectivity index (χ0n) is 11.2. The molecular formula is C14H23N3O. The van der Waals surface area contributed by atoms with Crippen molar-refractivity contribution in [1.82, 2.24) is 10.3 Å². The van der Waals surface area contributed by atoms with Crippen LogP contribution in [-0.2, 0) is 4.79 Å². The summed E-state index contributed by atoms with van der Waals surface area (Å²) in [5.74, 6) is 4.92. The molecule has 1 atom stereocenters. The topological polar surface area (TPSA) is 58.4 Å². The van der Waals surface area contributed by atoms with E-state index in [1.54, 1.807) is 0 Å². The number of rotatable bonds is 7. The van der Waals surface area contributed by atoms with E-state index >= 15 is 0 Å². The van der Waals surface area contributed by atoms with E-state index in [2.05, 4.69) is 17.2 Å². The van der Waals surface area contributed by atoms with Crippen molar-refractivity contribution in [2.75, 3.05) is 20.1 Å². The van der Waals surface area contributed by atoms with Crippen LogP contribution < -0.4 is 11.3 Å². The largest absolute Gasteiger partial charge is 0.305 e. The third-order valence-corrected chi connectivity index (χ3v) is 3.05. The number of carbonyl (C=O) groups excluding carboxylic acids is 1. The summed E-state index contributed by atoms with van der Waals surface area (Å²) >= 11 is 0. The number of benzene rings is 1. The fourth-order valence-electron chi connectivity index (χ4n) is 1.96. The van der Waals surface area contributed by atoms with Crippen molar-refractivity contribution < 1.29 is 4.79 Å². The van der Waals surface area contributed by atoms with Crippen molar-refractivity contribution in [3.8, 4) is 0 Å². The molecule has 0 saturated heterocycles. The number of hydrogen-bond acceptors (Lipinski definition) is 3. The van der Waals surface area contributed by atoms with E-state index < -0.39 is 0 Å². The zero-order valence-corrected chi connectivity index (χ0v) is 11.2. The summed E-state index contributed by atoms with van der Waals surface area (Å²) in [6, 6.07) is 9.76. The van der Waals surface area contributed by atoms with Gasteiger partial charge in [-0.2, -0.15) is 0 Å². The molecular weight excluding hydrogens is 226 g/mol. The summed E-state index contributed by atoms with van der Waals surface area (Å²) in [4.78, 5) is 14.0. The normalized spacial score (nSPS) is 12.4. The van der Waals surface area contributed by atoms with E-state index in [0.29, 0.717) is 6.54 Å². The summed E-state index contributed by atoms with van der Waals surface area (Å²) in [6.45, 7) is 3.85. The molecule has 0 saturated carbocycles. The maximum absolute atomic E-state index is 11.9. The molecule has 1 aromatic carbocycles. The van der Waals surface area contributed by atoms with E-state index in [1.165, 1.54) is 0 Å². The Morgan fingerprint density at radius 3 is 2.61 bits per heavy atom. The second-order valence-electron chi connectivity index (χ2n) is 4.59. The van der Waals surface area contributed by atoms with Gasteiger partial charge in [0.15, 0.2) is 0 Å². The van der Waals surface area contributed by atoms with Gasteiger partial charge in [0.1, 0.15) is 0 Å². The molecule has 100 valence electrons. The van der Waals surface area contributed by atoms with Gasteiger partial charge in [-0.25, -0.2) is 5.84 Å². The first-order valence-corrected chi connectivity index (χ1v) is 6.43. The molecule has 0 spiro atoms. The van der Waals surface area contributed by atoms with Gasteiger partial charge < -0.3 is 4.90 Å². The van der Waals surface area contributed by atoms with Gasteiger partial charge in [-0.3, -0.25) is 10.2 Å². The first kappa shape index (κ1) is 14.7. The zero-order chi connectivity index (χ0) is 13.4. The second kappa shape index (κ2) is 7.84. The highest BCUT2D eigenvalue weighted by molar-refractivity contribution is 5.83. The highest BCUT2D eigenvalue weighted by Crippen LogP contribution is 2.16. The molecule has 3 N–H and O–H groups in total. The Hall–Kier alpha value is -1.39. The fourth-order valence-corrected chi connectivity index (χ4v) is 1.96. The van der Waals surface area contributed by atoms with Crippen LogP contribution in [0.25, 0.3) is 0 Å². The molecule has 1 amide bonds. The average molecular weight is 249 g/mol. The molecule has 1 rings (SSSR count). The Labute approximate surface area is 109 Å². The lowest BCUT2D eigenvalue weighted by Gasteiger charge is -2.23. The number of nitrogens with zero attached hydrogens (tertiary/aromatic N) is 1. The smallest absolute Gasteiger partial charge is 0.242 e. The van der Waals surface area contributed by atoms with Crippen LogP contribution in [0.4, 0.5) is 0 Å². The van der Waals surface area contributed by atoms with Gasteiger partial charge in [0, 0.05) is 6.54 Å². The average Bonchev–Trinajstić information content (AvgIpc) is 2.42. The first-order valence-electron chi connectivity index (χ1n) is 6.43. The maximum atomic E-state index is 11.9. The van der Waals surface area contributed by atoms with Gasteiger partial charge >= 0.3 is 0 Å². The number of unbranched alkanes of at least 4 members (excludes halogenated alkanes) is 1. The Morgan fingerprint density at radius 2 is 2.06 bits per heavy atom. The summed E-state index contributed by atoms with van der Waals surface area (Å²) < 4.78 is 0. The van der Waals surface area contributed by atoms with Crippen molar-refractivity contribution in [3.63, 3.8) is 0 Å². The summed E-state index contributed by atoms with van der Waals surface area (Å²) in [5, 5.41) is 0. The van der Waals surface area contributed by atoms with E-state index in [-0.39, 0.29) is 11.8 Å². The number of hydrogen-bond donors (Lipinski definition) is 2. The molecule has 0 aromatic heterocycles. The SMILES string of the molecule is CCCCN(C)CC(C(=O)NN)c1ccccc1. The Bertz CT molecular complexity index is 353. The molecule has 0 aliphatic heterocycles. The third kappa shape index (κ3) is 4.47. The maximum Gasteiger partial charge on any atom is 0.242 e. The molecule has 0 fully saturated rings. The van der Waals surface area contributed by atoms with Gasteiger partial charge in [0.25, 0.3) is 0 Å². The fraction of sp³-hybridized carbons (Fsp3) is 0.500. The molecule has 1 aromatic rings. The van der Waals surface area contributed by atoms with E-state index in [4.69, 9.17) is 5.84 Å². The Balaban J connectivity index is 2.71. The predicted octanol–water partition coefficient (Wildman–Crippen LogP) is 1.49. The monoisotopic (exact) mass is 249 g/mol. The summed E-state index contributed by atoms with van der Waals surface area (Å²) in [6.07, 6.45) is 2.30. The lowest BCUT2D eigenvalue weighted by atomic mass is 9.98. The lowest BCUT2D eigenvalue weighted by Crippen LogP contribution is -2.39. The first-order chi connectivity index (χ1) is 8.69. The van der Waals surface area contributed by atoms with Crippen LogP contribution in [0, 0.1) is 0 Å². The Morgan fingerprint density at radius 1 is 1.39 bits per heavy atom. The van der Waals surface area contributed by atoms with E-state index in [1.807, 2.05) is 37.4 Å². The summed E-state index contributed by atoms with van der Waals surface area (Å²) in [7, 11) is 2.04. The molecule has 4 heteroatoms. The number of carbonyl (C=O) groups is 1. The number of hydrazine groups is 1. The van der Waals surface area contributed by atoms with Crippen LogP contribution in [0.3, 0.4) is 0 Å².